The van der Waals surface area contributed by atoms with Crippen LogP contribution in [0.25, 0.3) is 0 Å². The van der Waals surface area contributed by atoms with Gasteiger partial charge in [-0.3, -0.25) is 0 Å². The number of carbonyl (C=O) groups excluding carboxylic acids is 1. The number of β-amino-alcohol motifs (C(OH)–C–C–N with tert-alkyl or cyclic N) is 1. The molecule has 0 spiro atoms. The average Bonchev–Trinajstić information content (AvgIpc) is 2.37. The van der Waals surface area contributed by atoms with E-state index < -0.39 is 6.10 Å². The van der Waals surface area contributed by atoms with Crippen molar-refractivity contribution in [3.8, 4) is 0 Å². The summed E-state index contributed by atoms with van der Waals surface area (Å²) in [5.41, 5.74) is 0. The Labute approximate surface area is 71.5 Å². The summed E-state index contributed by atoms with van der Waals surface area (Å²) in [6.07, 6.45) is -0.465. The molecule has 5 nitrogen and oxygen atoms in total. The van der Waals surface area contributed by atoms with Gasteiger partial charge in [-0.2, -0.15) is 0 Å². The maximum Gasteiger partial charge on any atom is 0.315 e. The van der Waals surface area contributed by atoms with Gasteiger partial charge >= 0.3 is 6.03 Å². The van der Waals surface area contributed by atoms with Crippen molar-refractivity contribution < 1.29 is 9.90 Å². The van der Waals surface area contributed by atoms with Crippen molar-refractivity contribution in [2.75, 3.05) is 19.6 Å². The lowest BCUT2D eigenvalue weighted by Crippen LogP contribution is -2.47. The number of hydrogen-bond acceptors (Lipinski definition) is 3. The lowest BCUT2D eigenvalue weighted by molar-refractivity contribution is 0.162. The number of aliphatic hydroxyl groups excluding tert-OH is 1. The third-order valence-electron chi connectivity index (χ3n) is 1.84. The molecule has 1 saturated heterocycles. The standard InChI is InChI=1S/C7H15N3O2/c1-2-9-7(12)10-5-3-8-4-6(5)11/h5-6,8,11H,2-4H2,1H3,(H2,9,10,12)/t5-,6+/m0/s1. The topological polar surface area (TPSA) is 73.4 Å². The van der Waals surface area contributed by atoms with E-state index in [4.69, 9.17) is 0 Å². The highest BCUT2D eigenvalue weighted by molar-refractivity contribution is 5.74. The van der Waals surface area contributed by atoms with E-state index in [0.29, 0.717) is 19.6 Å². The Morgan fingerprint density at radius 3 is 2.92 bits per heavy atom. The molecule has 0 radical (unpaired) electrons. The van der Waals surface area contributed by atoms with Gasteiger partial charge in [0.1, 0.15) is 0 Å². The molecular formula is C7H15N3O2. The van der Waals surface area contributed by atoms with Gasteiger partial charge < -0.3 is 21.1 Å². The minimum absolute atomic E-state index is 0.156. The number of hydrogen-bond donors (Lipinski definition) is 4. The molecule has 2 amide bonds. The second kappa shape index (κ2) is 4.27. The fraction of sp³-hybridized carbons (Fsp3) is 0.857. The molecule has 12 heavy (non-hydrogen) atoms. The number of amides is 2. The molecule has 5 heteroatoms. The lowest BCUT2D eigenvalue weighted by atomic mass is 10.2. The molecule has 0 bridgehead atoms. The fourth-order valence-electron chi connectivity index (χ4n) is 1.19. The summed E-state index contributed by atoms with van der Waals surface area (Å²) in [5, 5.41) is 17.5. The van der Waals surface area contributed by atoms with Crippen LogP contribution in [0.3, 0.4) is 0 Å². The third kappa shape index (κ3) is 2.35. The quantitative estimate of drug-likeness (QED) is 0.416. The van der Waals surface area contributed by atoms with Crippen LogP contribution in [0.1, 0.15) is 6.92 Å². The van der Waals surface area contributed by atoms with Crippen molar-refractivity contribution in [2.45, 2.75) is 19.1 Å². The van der Waals surface area contributed by atoms with E-state index in [1.54, 1.807) is 0 Å². The Bertz CT molecular complexity index is 163. The summed E-state index contributed by atoms with van der Waals surface area (Å²) in [4.78, 5) is 11.0. The first-order valence-electron chi connectivity index (χ1n) is 4.17. The van der Waals surface area contributed by atoms with Crippen LogP contribution in [0.5, 0.6) is 0 Å². The smallest absolute Gasteiger partial charge is 0.315 e. The molecule has 70 valence electrons. The van der Waals surface area contributed by atoms with Crippen molar-refractivity contribution in [2.24, 2.45) is 0 Å². The van der Waals surface area contributed by atoms with Crippen molar-refractivity contribution in [1.29, 1.82) is 0 Å². The summed E-state index contributed by atoms with van der Waals surface area (Å²) in [6, 6.07) is -0.373. The van der Waals surface area contributed by atoms with Gasteiger partial charge in [0, 0.05) is 19.6 Å². The molecule has 2 atom stereocenters. The molecule has 0 aliphatic carbocycles. The predicted molar refractivity (Wildman–Crippen MR) is 44.9 cm³/mol. The lowest BCUT2D eigenvalue weighted by Gasteiger charge is -2.15. The van der Waals surface area contributed by atoms with Gasteiger partial charge in [-0.25, -0.2) is 4.79 Å². The molecule has 4 N–H and O–H groups in total. The maximum atomic E-state index is 11.0. The maximum absolute atomic E-state index is 11.0. The summed E-state index contributed by atoms with van der Waals surface area (Å²) in [5.74, 6) is 0. The van der Waals surface area contributed by atoms with Crippen molar-refractivity contribution in [3.05, 3.63) is 0 Å². The van der Waals surface area contributed by atoms with E-state index in [2.05, 4.69) is 16.0 Å². The van der Waals surface area contributed by atoms with Crippen molar-refractivity contribution in [1.82, 2.24) is 16.0 Å². The number of urea groups is 1. The van der Waals surface area contributed by atoms with Crippen LogP contribution < -0.4 is 16.0 Å². The largest absolute Gasteiger partial charge is 0.390 e. The number of aliphatic hydroxyl groups is 1. The highest BCUT2D eigenvalue weighted by atomic mass is 16.3. The predicted octanol–water partition coefficient (Wildman–Crippen LogP) is -1.36. The minimum atomic E-state index is -0.465. The van der Waals surface area contributed by atoms with Gasteiger partial charge in [-0.15, -0.1) is 0 Å². The highest BCUT2D eigenvalue weighted by Gasteiger charge is 2.25. The first kappa shape index (κ1) is 9.28. The molecule has 0 aromatic rings. The van der Waals surface area contributed by atoms with Crippen LogP contribution in [-0.2, 0) is 0 Å². The summed E-state index contributed by atoms with van der Waals surface area (Å²) in [7, 11) is 0. The molecule has 1 rings (SSSR count). The molecular weight excluding hydrogens is 158 g/mol. The molecule has 1 heterocycles. The summed E-state index contributed by atoms with van der Waals surface area (Å²) >= 11 is 0. The fourth-order valence-corrected chi connectivity index (χ4v) is 1.19. The van der Waals surface area contributed by atoms with Crippen LogP contribution in [0.4, 0.5) is 4.79 Å². The van der Waals surface area contributed by atoms with Gasteiger partial charge in [0.05, 0.1) is 12.1 Å². The SMILES string of the molecule is CCNC(=O)N[C@H]1CNC[C@H]1O. The van der Waals surface area contributed by atoms with Crippen LogP contribution in [0, 0.1) is 0 Å². The van der Waals surface area contributed by atoms with Gasteiger partial charge in [0.25, 0.3) is 0 Å². The summed E-state index contributed by atoms with van der Waals surface area (Å²) < 4.78 is 0. The van der Waals surface area contributed by atoms with Crippen molar-refractivity contribution >= 4 is 6.03 Å². The molecule has 1 fully saturated rings. The van der Waals surface area contributed by atoms with Crippen LogP contribution in [-0.4, -0.2) is 42.9 Å². The zero-order valence-corrected chi connectivity index (χ0v) is 7.13. The first-order chi connectivity index (χ1) is 5.74. The number of rotatable bonds is 2. The Morgan fingerprint density at radius 2 is 2.42 bits per heavy atom. The van der Waals surface area contributed by atoms with E-state index in [1.807, 2.05) is 6.92 Å². The van der Waals surface area contributed by atoms with Crippen LogP contribution in [0.2, 0.25) is 0 Å². The highest BCUT2D eigenvalue weighted by Crippen LogP contribution is 1.98. The van der Waals surface area contributed by atoms with E-state index in [9.17, 15) is 9.90 Å². The van der Waals surface area contributed by atoms with Gasteiger partial charge in [0.2, 0.25) is 0 Å². The Kier molecular flexibility index (Phi) is 3.31. The minimum Gasteiger partial charge on any atom is -0.390 e. The van der Waals surface area contributed by atoms with E-state index in [1.165, 1.54) is 0 Å². The Hall–Kier alpha value is -0.810. The van der Waals surface area contributed by atoms with Gasteiger partial charge in [-0.05, 0) is 6.92 Å². The summed E-state index contributed by atoms with van der Waals surface area (Å²) in [6.45, 7) is 3.64. The zero-order valence-electron chi connectivity index (χ0n) is 7.13. The van der Waals surface area contributed by atoms with E-state index in [-0.39, 0.29) is 12.1 Å². The molecule has 1 aliphatic heterocycles. The van der Waals surface area contributed by atoms with E-state index >= 15 is 0 Å². The van der Waals surface area contributed by atoms with Gasteiger partial charge in [0.15, 0.2) is 0 Å². The molecule has 0 unspecified atom stereocenters. The van der Waals surface area contributed by atoms with E-state index in [0.717, 1.165) is 0 Å². The Balaban J connectivity index is 2.25. The van der Waals surface area contributed by atoms with Gasteiger partial charge in [-0.1, -0.05) is 0 Å². The average molecular weight is 173 g/mol. The molecule has 1 aliphatic rings. The Morgan fingerprint density at radius 1 is 1.67 bits per heavy atom. The zero-order chi connectivity index (χ0) is 8.97. The van der Waals surface area contributed by atoms with Crippen molar-refractivity contribution in [3.63, 3.8) is 0 Å². The molecule has 0 saturated carbocycles. The van der Waals surface area contributed by atoms with Crippen LogP contribution in [0.15, 0.2) is 0 Å². The number of carbonyl (C=O) groups is 1. The number of nitrogens with one attached hydrogen (secondary N) is 3. The molecule has 0 aromatic carbocycles. The first-order valence-corrected chi connectivity index (χ1v) is 4.17. The second-order valence-electron chi connectivity index (χ2n) is 2.84. The monoisotopic (exact) mass is 173 g/mol. The normalized spacial score (nSPS) is 28.5. The third-order valence-corrected chi connectivity index (χ3v) is 1.84. The van der Waals surface area contributed by atoms with Crippen LogP contribution >= 0.6 is 0 Å². The molecule has 0 aromatic heterocycles. The second-order valence-corrected chi connectivity index (χ2v) is 2.84.